The molecule has 2 aromatic carbocycles. The molecule has 6 heteroatoms. The number of carbonyl (C=O) groups excluding carboxylic acids is 1. The number of hydrogen-bond donors (Lipinski definition) is 1. The van der Waals surface area contributed by atoms with E-state index in [1.807, 2.05) is 57.2 Å². The first-order valence-electron chi connectivity index (χ1n) is 9.15. The smallest absolute Gasteiger partial charge is 0.276 e. The van der Waals surface area contributed by atoms with Crippen molar-refractivity contribution in [2.24, 2.45) is 0 Å². The van der Waals surface area contributed by atoms with Crippen LogP contribution in [-0.4, -0.2) is 29.6 Å². The first-order valence-corrected chi connectivity index (χ1v) is 9.56. The van der Waals surface area contributed by atoms with E-state index in [9.17, 15) is 4.79 Å². The van der Waals surface area contributed by atoms with Gasteiger partial charge in [-0.1, -0.05) is 24.3 Å². The van der Waals surface area contributed by atoms with E-state index in [1.165, 1.54) is 4.90 Å². The van der Waals surface area contributed by atoms with E-state index >= 15 is 0 Å². The molecule has 28 heavy (non-hydrogen) atoms. The van der Waals surface area contributed by atoms with Crippen LogP contribution in [0.2, 0.25) is 0 Å². The van der Waals surface area contributed by atoms with Crippen LogP contribution < -0.4 is 14.8 Å². The average molecular weight is 397 g/mol. The molecule has 0 spiro atoms. The quantitative estimate of drug-likeness (QED) is 0.591. The molecule has 3 rings (SSSR count). The van der Waals surface area contributed by atoms with Gasteiger partial charge in [0.1, 0.15) is 23.8 Å². The van der Waals surface area contributed by atoms with Crippen LogP contribution in [0.5, 0.6) is 11.5 Å². The van der Waals surface area contributed by atoms with E-state index in [0.29, 0.717) is 24.0 Å². The molecular weight excluding hydrogens is 372 g/mol. The number of carbonyl (C=O) groups is 1. The molecule has 1 amide bonds. The first-order chi connectivity index (χ1) is 13.4. The van der Waals surface area contributed by atoms with Crippen LogP contribution in [0, 0.1) is 13.8 Å². The lowest BCUT2D eigenvalue weighted by atomic mass is 10.1. The first kappa shape index (κ1) is 19.9. The summed E-state index contributed by atoms with van der Waals surface area (Å²) in [5.74, 6) is 1.51. The van der Waals surface area contributed by atoms with Crippen molar-refractivity contribution in [2.45, 2.75) is 27.4 Å². The van der Waals surface area contributed by atoms with E-state index in [-0.39, 0.29) is 5.91 Å². The lowest BCUT2D eigenvalue weighted by Crippen LogP contribution is -2.30. The van der Waals surface area contributed by atoms with Gasteiger partial charge >= 0.3 is 0 Å². The van der Waals surface area contributed by atoms with Crippen LogP contribution in [0.3, 0.4) is 0 Å². The van der Waals surface area contributed by atoms with Crippen LogP contribution in [-0.2, 0) is 11.4 Å². The second-order valence-corrected chi connectivity index (χ2v) is 7.01. The molecular formula is C22H24N2O3S. The Labute approximate surface area is 170 Å². The highest BCUT2D eigenvalue weighted by molar-refractivity contribution is 7.80. The molecule has 0 atom stereocenters. The number of thiocarbonyl (C=S) groups is 1. The number of rotatable bonds is 6. The normalized spacial score (nSPS) is 15.1. The summed E-state index contributed by atoms with van der Waals surface area (Å²) >= 11 is 5.21. The molecule has 2 aromatic rings. The van der Waals surface area contributed by atoms with Gasteiger partial charge in [0.05, 0.1) is 7.11 Å². The monoisotopic (exact) mass is 396 g/mol. The fraction of sp³-hybridized carbons (Fsp3) is 0.273. The lowest BCUT2D eigenvalue weighted by molar-refractivity contribution is -0.122. The molecule has 5 nitrogen and oxygen atoms in total. The van der Waals surface area contributed by atoms with Gasteiger partial charge in [-0.2, -0.15) is 0 Å². The minimum Gasteiger partial charge on any atom is -0.496 e. The van der Waals surface area contributed by atoms with E-state index in [0.717, 1.165) is 33.8 Å². The topological polar surface area (TPSA) is 50.8 Å². The van der Waals surface area contributed by atoms with Crippen LogP contribution in [0.25, 0.3) is 6.08 Å². The largest absolute Gasteiger partial charge is 0.496 e. The number of benzene rings is 2. The van der Waals surface area contributed by atoms with Gasteiger partial charge in [0.2, 0.25) is 0 Å². The molecule has 0 aliphatic carbocycles. The van der Waals surface area contributed by atoms with Gasteiger partial charge in [-0.15, -0.1) is 0 Å². The Bertz CT molecular complexity index is 933. The van der Waals surface area contributed by atoms with Crippen LogP contribution in [0.15, 0.2) is 42.1 Å². The van der Waals surface area contributed by atoms with E-state index in [4.69, 9.17) is 21.7 Å². The zero-order valence-electron chi connectivity index (χ0n) is 16.5. The fourth-order valence-electron chi connectivity index (χ4n) is 3.20. The maximum absolute atomic E-state index is 12.4. The van der Waals surface area contributed by atoms with Crippen LogP contribution in [0.1, 0.15) is 29.2 Å². The molecule has 0 bridgehead atoms. The Kier molecular flexibility index (Phi) is 5.99. The van der Waals surface area contributed by atoms with Crippen LogP contribution in [0.4, 0.5) is 0 Å². The summed E-state index contributed by atoms with van der Waals surface area (Å²) in [6.45, 7) is 6.86. The predicted molar refractivity (Wildman–Crippen MR) is 114 cm³/mol. The number of para-hydroxylation sites is 1. The number of nitrogens with zero attached hydrogens (tertiary/aromatic N) is 1. The molecule has 0 unspecified atom stereocenters. The Balaban J connectivity index is 1.86. The highest BCUT2D eigenvalue weighted by Crippen LogP contribution is 2.27. The summed E-state index contributed by atoms with van der Waals surface area (Å²) in [5, 5.41) is 3.42. The molecule has 1 N–H and O–H groups in total. The Morgan fingerprint density at radius 1 is 1.18 bits per heavy atom. The van der Waals surface area contributed by atoms with Gasteiger partial charge in [-0.05, 0) is 67.9 Å². The summed E-state index contributed by atoms with van der Waals surface area (Å²) in [5.41, 5.74) is 4.42. The molecule has 0 saturated carbocycles. The van der Waals surface area contributed by atoms with Gasteiger partial charge in [0, 0.05) is 12.1 Å². The van der Waals surface area contributed by atoms with Gasteiger partial charge in [-0.25, -0.2) is 0 Å². The number of aryl methyl sites for hydroxylation is 2. The Hall–Kier alpha value is -2.86. The van der Waals surface area contributed by atoms with Crippen molar-refractivity contribution in [3.63, 3.8) is 0 Å². The molecule has 0 aromatic heterocycles. The molecule has 1 aliphatic heterocycles. The number of amides is 1. The predicted octanol–water partition coefficient (Wildman–Crippen LogP) is 3.97. The maximum Gasteiger partial charge on any atom is 0.276 e. The van der Waals surface area contributed by atoms with E-state index in [1.54, 1.807) is 13.2 Å². The summed E-state index contributed by atoms with van der Waals surface area (Å²) < 4.78 is 11.6. The third-order valence-electron chi connectivity index (χ3n) is 4.67. The van der Waals surface area contributed by atoms with Gasteiger partial charge in [-0.3, -0.25) is 9.69 Å². The third-order valence-corrected chi connectivity index (χ3v) is 5.00. The summed E-state index contributed by atoms with van der Waals surface area (Å²) in [4.78, 5) is 13.9. The lowest BCUT2D eigenvalue weighted by Gasteiger charge is -2.14. The molecule has 1 saturated heterocycles. The van der Waals surface area contributed by atoms with Crippen molar-refractivity contribution in [3.8, 4) is 11.5 Å². The Morgan fingerprint density at radius 2 is 1.89 bits per heavy atom. The van der Waals surface area contributed by atoms with Crippen molar-refractivity contribution in [2.75, 3.05) is 13.7 Å². The fourth-order valence-corrected chi connectivity index (χ4v) is 3.53. The van der Waals surface area contributed by atoms with Crippen molar-refractivity contribution in [1.29, 1.82) is 0 Å². The number of hydrogen-bond acceptors (Lipinski definition) is 4. The van der Waals surface area contributed by atoms with Crippen molar-refractivity contribution >= 4 is 29.3 Å². The molecule has 146 valence electrons. The van der Waals surface area contributed by atoms with Crippen molar-refractivity contribution < 1.29 is 14.3 Å². The average Bonchev–Trinajstić information content (AvgIpc) is 2.94. The van der Waals surface area contributed by atoms with E-state index < -0.39 is 0 Å². The van der Waals surface area contributed by atoms with Crippen LogP contribution >= 0.6 is 12.2 Å². The summed E-state index contributed by atoms with van der Waals surface area (Å²) in [6.07, 6.45) is 1.80. The van der Waals surface area contributed by atoms with Crippen molar-refractivity contribution in [3.05, 3.63) is 64.3 Å². The maximum atomic E-state index is 12.4. The number of nitrogens with one attached hydrogen (secondary N) is 1. The minimum absolute atomic E-state index is 0.114. The van der Waals surface area contributed by atoms with Gasteiger partial charge in [0.25, 0.3) is 5.91 Å². The standard InChI is InChI=1S/C22H24N2O3S/c1-5-24-21(25)18(23-22(24)28)12-16-9-10-19(26-4)17(11-16)13-27-20-14(2)7-6-8-15(20)3/h6-12H,5,13H2,1-4H3,(H,23,28)/b18-12+. The SMILES string of the molecule is CCN1C(=O)/C(=C\c2ccc(OC)c(COc3c(C)cccc3C)c2)NC1=S. The number of likely N-dealkylation sites (N-methyl/N-ethyl adjacent to an activating group) is 1. The zero-order chi connectivity index (χ0) is 20.3. The molecule has 1 fully saturated rings. The van der Waals surface area contributed by atoms with Crippen molar-refractivity contribution in [1.82, 2.24) is 10.2 Å². The molecule has 1 aliphatic rings. The van der Waals surface area contributed by atoms with Gasteiger partial charge in [0.15, 0.2) is 5.11 Å². The second-order valence-electron chi connectivity index (χ2n) is 6.62. The highest BCUT2D eigenvalue weighted by atomic mass is 32.1. The molecule has 0 radical (unpaired) electrons. The Morgan fingerprint density at radius 3 is 2.50 bits per heavy atom. The number of methoxy groups -OCH3 is 1. The minimum atomic E-state index is -0.114. The summed E-state index contributed by atoms with van der Waals surface area (Å²) in [6, 6.07) is 11.8. The highest BCUT2D eigenvalue weighted by Gasteiger charge is 2.29. The van der Waals surface area contributed by atoms with Gasteiger partial charge < -0.3 is 14.8 Å². The second kappa shape index (κ2) is 8.44. The molecule has 1 heterocycles. The number of ether oxygens (including phenoxy) is 2. The third kappa shape index (κ3) is 4.02. The zero-order valence-corrected chi connectivity index (χ0v) is 17.4. The summed E-state index contributed by atoms with van der Waals surface area (Å²) in [7, 11) is 1.63. The van der Waals surface area contributed by atoms with E-state index in [2.05, 4.69) is 5.32 Å².